The Morgan fingerprint density at radius 1 is 1.62 bits per heavy atom. The number of aromatic nitrogens is 1. The molecule has 1 rings (SSSR count). The van der Waals surface area contributed by atoms with Crippen molar-refractivity contribution in [2.45, 2.75) is 6.43 Å². The average Bonchev–Trinajstić information content (AvgIpc) is 2.15. The van der Waals surface area contributed by atoms with Crippen LogP contribution in [0.3, 0.4) is 0 Å². The van der Waals surface area contributed by atoms with Crippen LogP contribution in [-0.4, -0.2) is 21.0 Å². The van der Waals surface area contributed by atoms with E-state index in [1.165, 1.54) is 0 Å². The van der Waals surface area contributed by atoms with Gasteiger partial charge in [0.25, 0.3) is 6.43 Å². The summed E-state index contributed by atoms with van der Waals surface area (Å²) in [6, 6.07) is 0. The first-order valence-corrected chi connectivity index (χ1v) is 4.49. The van der Waals surface area contributed by atoms with Crippen LogP contribution >= 0.6 is 15.9 Å². The molecule has 0 bridgehead atoms. The highest BCUT2D eigenvalue weighted by Crippen LogP contribution is 2.33. The minimum Gasteiger partial charge on any atom is -0.477 e. The van der Waals surface area contributed by atoms with Gasteiger partial charge in [-0.3, -0.25) is 10.1 Å². The van der Waals surface area contributed by atoms with E-state index >= 15 is 0 Å². The Bertz CT molecular complexity index is 466. The van der Waals surface area contributed by atoms with E-state index in [0.717, 1.165) is 0 Å². The van der Waals surface area contributed by atoms with Crippen LogP contribution in [0.4, 0.5) is 14.5 Å². The molecule has 0 aliphatic carbocycles. The average molecular weight is 297 g/mol. The van der Waals surface area contributed by atoms with E-state index in [1.807, 2.05) is 0 Å². The van der Waals surface area contributed by atoms with Gasteiger partial charge in [-0.15, -0.1) is 0 Å². The van der Waals surface area contributed by atoms with E-state index in [0.29, 0.717) is 6.20 Å². The van der Waals surface area contributed by atoms with Crippen molar-refractivity contribution in [2.24, 2.45) is 0 Å². The van der Waals surface area contributed by atoms with Crippen LogP contribution in [0.2, 0.25) is 0 Å². The first-order valence-electron chi connectivity index (χ1n) is 3.70. The molecule has 0 fully saturated rings. The lowest BCUT2D eigenvalue weighted by atomic mass is 10.2. The number of carbonyl (C=O) groups is 1. The predicted molar refractivity (Wildman–Crippen MR) is 50.5 cm³/mol. The maximum Gasteiger partial charge on any atom is 0.344 e. The molecule has 0 aliphatic heterocycles. The zero-order chi connectivity index (χ0) is 12.5. The highest BCUT2D eigenvalue weighted by Gasteiger charge is 2.28. The van der Waals surface area contributed by atoms with Gasteiger partial charge >= 0.3 is 11.7 Å². The summed E-state index contributed by atoms with van der Waals surface area (Å²) in [5, 5.41) is 19.1. The van der Waals surface area contributed by atoms with Crippen molar-refractivity contribution >= 4 is 27.6 Å². The monoisotopic (exact) mass is 296 g/mol. The van der Waals surface area contributed by atoms with E-state index < -0.39 is 38.7 Å². The molecule has 1 N–H and O–H groups in total. The Balaban J connectivity index is 3.54. The number of alkyl halides is 2. The topological polar surface area (TPSA) is 93.3 Å². The summed E-state index contributed by atoms with van der Waals surface area (Å²) in [5.74, 6) is -1.68. The molecular weight excluding hydrogens is 294 g/mol. The molecule has 0 spiro atoms. The molecule has 86 valence electrons. The Kier molecular flexibility index (Phi) is 3.48. The third kappa shape index (κ3) is 2.13. The molecule has 0 atom stereocenters. The van der Waals surface area contributed by atoms with Gasteiger partial charge in [0.05, 0.1) is 9.40 Å². The second kappa shape index (κ2) is 4.47. The lowest BCUT2D eigenvalue weighted by Crippen LogP contribution is -2.07. The van der Waals surface area contributed by atoms with Gasteiger partial charge < -0.3 is 5.11 Å². The van der Waals surface area contributed by atoms with Gasteiger partial charge in [-0.25, -0.2) is 18.6 Å². The molecule has 0 aliphatic rings. The summed E-state index contributed by atoms with van der Waals surface area (Å²) in [5.41, 5.74) is -2.53. The Labute approximate surface area is 95.2 Å². The number of hydrogen-bond acceptors (Lipinski definition) is 4. The van der Waals surface area contributed by atoms with Crippen LogP contribution < -0.4 is 0 Å². The molecule has 16 heavy (non-hydrogen) atoms. The van der Waals surface area contributed by atoms with Crippen LogP contribution in [-0.2, 0) is 0 Å². The fourth-order valence-corrected chi connectivity index (χ4v) is 1.63. The predicted octanol–water partition coefficient (Wildman–Crippen LogP) is 2.39. The number of carboxylic acids is 1. The second-order valence-electron chi connectivity index (χ2n) is 2.58. The highest BCUT2D eigenvalue weighted by molar-refractivity contribution is 9.10. The minimum absolute atomic E-state index is 0.496. The largest absolute Gasteiger partial charge is 0.477 e. The van der Waals surface area contributed by atoms with E-state index in [4.69, 9.17) is 5.11 Å². The first kappa shape index (κ1) is 12.4. The molecule has 0 aromatic carbocycles. The number of halogens is 3. The van der Waals surface area contributed by atoms with Crippen LogP contribution in [0.5, 0.6) is 0 Å². The van der Waals surface area contributed by atoms with Crippen molar-refractivity contribution in [3.8, 4) is 0 Å². The number of nitrogens with zero attached hydrogens (tertiary/aromatic N) is 2. The Morgan fingerprint density at radius 3 is 2.56 bits per heavy atom. The van der Waals surface area contributed by atoms with Gasteiger partial charge in [-0.05, 0) is 15.9 Å². The van der Waals surface area contributed by atoms with Gasteiger partial charge in [0, 0.05) is 0 Å². The summed E-state index contributed by atoms with van der Waals surface area (Å²) in [7, 11) is 0. The molecular formula is C7H3BrF2N2O4. The van der Waals surface area contributed by atoms with Crippen molar-refractivity contribution in [3.63, 3.8) is 0 Å². The molecule has 6 nitrogen and oxygen atoms in total. The molecule has 0 amide bonds. The fourth-order valence-electron chi connectivity index (χ4n) is 0.986. The lowest BCUT2D eigenvalue weighted by Gasteiger charge is -2.05. The number of pyridine rings is 1. The standard InChI is InChI=1S/C7H3BrF2N2O4/c8-4-3(7(13)14)2(12(15)16)1-11-5(4)6(9)10/h1,6H,(H,13,14). The zero-order valence-corrected chi connectivity index (χ0v) is 8.94. The van der Waals surface area contributed by atoms with Gasteiger partial charge in [0.1, 0.15) is 11.9 Å². The summed E-state index contributed by atoms with van der Waals surface area (Å²) in [6.45, 7) is 0. The molecule has 1 aromatic heterocycles. The smallest absolute Gasteiger partial charge is 0.344 e. The van der Waals surface area contributed by atoms with Crippen molar-refractivity contribution in [1.29, 1.82) is 0 Å². The first-order chi connectivity index (χ1) is 7.36. The number of aromatic carboxylic acids is 1. The molecule has 1 aromatic rings. The number of hydrogen-bond donors (Lipinski definition) is 1. The van der Waals surface area contributed by atoms with E-state index in [9.17, 15) is 23.7 Å². The molecule has 9 heteroatoms. The van der Waals surface area contributed by atoms with E-state index in [2.05, 4.69) is 20.9 Å². The van der Waals surface area contributed by atoms with Crippen LogP contribution in [0.25, 0.3) is 0 Å². The lowest BCUT2D eigenvalue weighted by molar-refractivity contribution is -0.385. The summed E-state index contributed by atoms with van der Waals surface area (Å²) < 4.78 is 24.1. The Hall–Kier alpha value is -1.64. The molecule has 1 heterocycles. The van der Waals surface area contributed by atoms with Crippen molar-refractivity contribution in [3.05, 3.63) is 32.0 Å². The third-order valence-electron chi connectivity index (χ3n) is 1.64. The van der Waals surface area contributed by atoms with Gasteiger partial charge in [0.15, 0.2) is 5.56 Å². The zero-order valence-electron chi connectivity index (χ0n) is 7.35. The summed E-state index contributed by atoms with van der Waals surface area (Å²) in [4.78, 5) is 23.3. The number of nitro groups is 1. The maximum absolute atomic E-state index is 12.3. The van der Waals surface area contributed by atoms with Crippen molar-refractivity contribution < 1.29 is 23.6 Å². The maximum atomic E-state index is 12.3. The van der Waals surface area contributed by atoms with Crippen LogP contribution in [0.15, 0.2) is 10.7 Å². The van der Waals surface area contributed by atoms with Crippen molar-refractivity contribution in [1.82, 2.24) is 4.98 Å². The molecule has 0 unspecified atom stereocenters. The minimum atomic E-state index is -3.02. The quantitative estimate of drug-likeness (QED) is 0.683. The van der Waals surface area contributed by atoms with E-state index in [1.54, 1.807) is 0 Å². The van der Waals surface area contributed by atoms with Gasteiger partial charge in [-0.1, -0.05) is 0 Å². The highest BCUT2D eigenvalue weighted by atomic mass is 79.9. The van der Waals surface area contributed by atoms with Gasteiger partial charge in [0.2, 0.25) is 0 Å². The molecule has 0 saturated carbocycles. The fraction of sp³-hybridized carbons (Fsp3) is 0.143. The molecule has 0 saturated heterocycles. The van der Waals surface area contributed by atoms with E-state index in [-0.39, 0.29) is 0 Å². The SMILES string of the molecule is O=C(O)c1c([N+](=O)[O-])cnc(C(F)F)c1Br. The molecule has 0 radical (unpaired) electrons. The number of rotatable bonds is 3. The van der Waals surface area contributed by atoms with Crippen LogP contribution in [0, 0.1) is 10.1 Å². The second-order valence-corrected chi connectivity index (χ2v) is 3.37. The van der Waals surface area contributed by atoms with Crippen molar-refractivity contribution in [2.75, 3.05) is 0 Å². The third-order valence-corrected chi connectivity index (χ3v) is 2.45. The number of carboxylic acid groups (broad SMARTS) is 1. The van der Waals surface area contributed by atoms with Crippen LogP contribution in [0.1, 0.15) is 22.5 Å². The summed E-state index contributed by atoms with van der Waals surface area (Å²) in [6.07, 6.45) is -2.52. The summed E-state index contributed by atoms with van der Waals surface area (Å²) >= 11 is 2.57. The Morgan fingerprint density at radius 2 is 2.19 bits per heavy atom. The normalized spacial score (nSPS) is 10.5. The van der Waals surface area contributed by atoms with Gasteiger partial charge in [-0.2, -0.15) is 0 Å².